The van der Waals surface area contributed by atoms with E-state index in [4.69, 9.17) is 11.6 Å². The van der Waals surface area contributed by atoms with E-state index < -0.39 is 10.0 Å². The molecule has 0 unspecified atom stereocenters. The highest BCUT2D eigenvalue weighted by atomic mass is 35.5. The van der Waals surface area contributed by atoms with E-state index in [2.05, 4.69) is 25.2 Å². The lowest BCUT2D eigenvalue weighted by Gasteiger charge is -2.11. The number of aryl methyl sites for hydroxylation is 2. The molecule has 0 atom stereocenters. The first kappa shape index (κ1) is 18.2. The summed E-state index contributed by atoms with van der Waals surface area (Å²) in [5, 5.41) is 10.4. The van der Waals surface area contributed by atoms with E-state index in [1.807, 2.05) is 25.1 Å². The second-order valence-corrected chi connectivity index (χ2v) is 7.86. The maximum Gasteiger partial charge on any atom is 0.265 e. The molecule has 0 aliphatic rings. The second-order valence-electron chi connectivity index (χ2n) is 5.84. The summed E-state index contributed by atoms with van der Waals surface area (Å²) in [6.07, 6.45) is 1.45. The van der Waals surface area contributed by atoms with Crippen LogP contribution in [-0.2, 0) is 10.0 Å². The molecule has 0 saturated heterocycles. The standard InChI is InChI=1S/C17H18ClN5O2S/c1-10-14(18)5-4-6-15(10)20-16-8-7-13(9-19-16)23-26(24,25)17-11(2)21-22-12(17)3/h4-9,23H,1-3H3,(H,19,20)(H,21,22). The Bertz CT molecular complexity index is 1030. The van der Waals surface area contributed by atoms with Gasteiger partial charge in [-0.2, -0.15) is 5.10 Å². The fourth-order valence-electron chi connectivity index (χ4n) is 2.55. The predicted octanol–water partition coefficient (Wildman–Crippen LogP) is 3.93. The van der Waals surface area contributed by atoms with Crippen LogP contribution in [0.2, 0.25) is 5.02 Å². The van der Waals surface area contributed by atoms with Crippen molar-refractivity contribution in [3.8, 4) is 0 Å². The van der Waals surface area contributed by atoms with Gasteiger partial charge < -0.3 is 5.32 Å². The van der Waals surface area contributed by atoms with Gasteiger partial charge in [0.05, 0.1) is 23.3 Å². The van der Waals surface area contributed by atoms with Crippen molar-refractivity contribution in [2.45, 2.75) is 25.7 Å². The number of hydrogen-bond acceptors (Lipinski definition) is 5. The minimum Gasteiger partial charge on any atom is -0.340 e. The van der Waals surface area contributed by atoms with Crippen molar-refractivity contribution in [3.63, 3.8) is 0 Å². The number of sulfonamides is 1. The number of H-pyrrole nitrogens is 1. The molecule has 26 heavy (non-hydrogen) atoms. The Morgan fingerprint density at radius 1 is 1.12 bits per heavy atom. The zero-order chi connectivity index (χ0) is 18.9. The number of pyridine rings is 1. The molecule has 136 valence electrons. The van der Waals surface area contributed by atoms with E-state index in [0.29, 0.717) is 27.9 Å². The highest BCUT2D eigenvalue weighted by molar-refractivity contribution is 7.92. The molecule has 9 heteroatoms. The van der Waals surface area contributed by atoms with Gasteiger partial charge >= 0.3 is 0 Å². The highest BCUT2D eigenvalue weighted by Crippen LogP contribution is 2.26. The average molecular weight is 392 g/mol. The number of benzene rings is 1. The monoisotopic (exact) mass is 391 g/mol. The predicted molar refractivity (Wildman–Crippen MR) is 103 cm³/mol. The van der Waals surface area contributed by atoms with Crippen molar-refractivity contribution in [1.29, 1.82) is 0 Å². The first-order valence-electron chi connectivity index (χ1n) is 7.80. The minimum atomic E-state index is -3.74. The maximum atomic E-state index is 12.5. The lowest BCUT2D eigenvalue weighted by Crippen LogP contribution is -2.14. The Labute approximate surface area is 156 Å². The Morgan fingerprint density at radius 2 is 1.88 bits per heavy atom. The number of hydrogen-bond donors (Lipinski definition) is 3. The van der Waals surface area contributed by atoms with Crippen LogP contribution in [0.15, 0.2) is 41.4 Å². The molecule has 0 aliphatic carbocycles. The van der Waals surface area contributed by atoms with Crippen molar-refractivity contribution in [1.82, 2.24) is 15.2 Å². The third-order valence-electron chi connectivity index (χ3n) is 3.88. The summed E-state index contributed by atoms with van der Waals surface area (Å²) < 4.78 is 27.6. The summed E-state index contributed by atoms with van der Waals surface area (Å²) in [5.74, 6) is 0.578. The zero-order valence-electron chi connectivity index (χ0n) is 14.5. The molecule has 3 rings (SSSR count). The SMILES string of the molecule is Cc1n[nH]c(C)c1S(=O)(=O)Nc1ccc(Nc2cccc(Cl)c2C)nc1. The fourth-order valence-corrected chi connectivity index (χ4v) is 4.14. The van der Waals surface area contributed by atoms with Crippen LogP contribution in [-0.4, -0.2) is 23.6 Å². The molecule has 2 aromatic heterocycles. The summed E-state index contributed by atoms with van der Waals surface area (Å²) in [6, 6.07) is 8.87. The van der Waals surface area contributed by atoms with E-state index in [1.165, 1.54) is 6.20 Å². The summed E-state index contributed by atoms with van der Waals surface area (Å²) in [4.78, 5) is 4.40. The van der Waals surface area contributed by atoms with Crippen LogP contribution in [0.4, 0.5) is 17.2 Å². The number of nitrogens with one attached hydrogen (secondary N) is 3. The third-order valence-corrected chi connectivity index (χ3v) is 5.93. The molecule has 7 nitrogen and oxygen atoms in total. The average Bonchev–Trinajstić information content (AvgIpc) is 2.93. The van der Waals surface area contributed by atoms with Gasteiger partial charge in [-0.25, -0.2) is 13.4 Å². The molecular weight excluding hydrogens is 374 g/mol. The van der Waals surface area contributed by atoms with Crippen molar-refractivity contribution in [3.05, 3.63) is 58.5 Å². The first-order chi connectivity index (χ1) is 12.3. The van der Waals surface area contributed by atoms with E-state index in [9.17, 15) is 8.42 Å². The van der Waals surface area contributed by atoms with Crippen LogP contribution in [0.25, 0.3) is 0 Å². The molecule has 0 amide bonds. The molecule has 2 heterocycles. The summed E-state index contributed by atoms with van der Waals surface area (Å²) in [5.41, 5.74) is 3.00. The Hall–Kier alpha value is -2.58. The molecule has 3 aromatic rings. The van der Waals surface area contributed by atoms with Gasteiger partial charge in [0.1, 0.15) is 10.7 Å². The van der Waals surface area contributed by atoms with Crippen LogP contribution in [0.5, 0.6) is 0 Å². The summed E-state index contributed by atoms with van der Waals surface area (Å²) in [7, 11) is -3.74. The maximum absolute atomic E-state index is 12.5. The van der Waals surface area contributed by atoms with Crippen molar-refractivity contribution in [2.24, 2.45) is 0 Å². The van der Waals surface area contributed by atoms with Crippen molar-refractivity contribution >= 4 is 38.8 Å². The number of rotatable bonds is 5. The Kier molecular flexibility index (Phi) is 4.88. The number of aromatic nitrogens is 3. The molecule has 0 aliphatic heterocycles. The molecule has 3 N–H and O–H groups in total. The first-order valence-corrected chi connectivity index (χ1v) is 9.66. The third kappa shape index (κ3) is 3.66. The second kappa shape index (κ2) is 6.97. The summed E-state index contributed by atoms with van der Waals surface area (Å²) in [6.45, 7) is 5.20. The molecule has 0 radical (unpaired) electrons. The largest absolute Gasteiger partial charge is 0.340 e. The Morgan fingerprint density at radius 3 is 2.50 bits per heavy atom. The number of aromatic amines is 1. The van der Waals surface area contributed by atoms with E-state index in [-0.39, 0.29) is 4.90 Å². The van der Waals surface area contributed by atoms with Crippen molar-refractivity contribution in [2.75, 3.05) is 10.0 Å². The molecule has 0 saturated carbocycles. The van der Waals surface area contributed by atoms with Crippen LogP contribution < -0.4 is 10.0 Å². The normalized spacial score (nSPS) is 11.4. The summed E-state index contributed by atoms with van der Waals surface area (Å²) >= 11 is 6.11. The van der Waals surface area contributed by atoms with Gasteiger partial charge in [0.25, 0.3) is 10.0 Å². The topological polar surface area (TPSA) is 99.8 Å². The molecule has 0 spiro atoms. The van der Waals surface area contributed by atoms with Gasteiger partial charge in [0.2, 0.25) is 0 Å². The Balaban J connectivity index is 1.79. The molecule has 1 aromatic carbocycles. The van der Waals surface area contributed by atoms with Gasteiger partial charge in [-0.3, -0.25) is 9.82 Å². The molecule has 0 bridgehead atoms. The minimum absolute atomic E-state index is 0.147. The van der Waals surface area contributed by atoms with Crippen LogP contribution in [0.3, 0.4) is 0 Å². The number of nitrogens with zero attached hydrogens (tertiary/aromatic N) is 2. The fraction of sp³-hybridized carbons (Fsp3) is 0.176. The van der Waals surface area contributed by atoms with Crippen LogP contribution in [0.1, 0.15) is 17.0 Å². The number of halogens is 1. The van der Waals surface area contributed by atoms with Gasteiger partial charge in [-0.1, -0.05) is 17.7 Å². The lowest BCUT2D eigenvalue weighted by molar-refractivity contribution is 0.600. The highest BCUT2D eigenvalue weighted by Gasteiger charge is 2.22. The van der Waals surface area contributed by atoms with Crippen LogP contribution >= 0.6 is 11.6 Å². The van der Waals surface area contributed by atoms with Crippen molar-refractivity contribution < 1.29 is 8.42 Å². The van der Waals surface area contributed by atoms with E-state index in [0.717, 1.165) is 11.3 Å². The number of anilines is 3. The smallest absolute Gasteiger partial charge is 0.265 e. The molecule has 0 fully saturated rings. The lowest BCUT2D eigenvalue weighted by atomic mass is 10.2. The van der Waals surface area contributed by atoms with Gasteiger partial charge in [0, 0.05) is 10.7 Å². The van der Waals surface area contributed by atoms with Gasteiger partial charge in [-0.05, 0) is 50.6 Å². The zero-order valence-corrected chi connectivity index (χ0v) is 16.0. The van der Waals surface area contributed by atoms with Gasteiger partial charge in [-0.15, -0.1) is 0 Å². The molecular formula is C17H18ClN5O2S. The van der Waals surface area contributed by atoms with E-state index in [1.54, 1.807) is 26.0 Å². The van der Waals surface area contributed by atoms with E-state index >= 15 is 0 Å². The quantitative estimate of drug-likeness (QED) is 0.611. The van der Waals surface area contributed by atoms with Crippen LogP contribution in [0, 0.1) is 20.8 Å². The van der Waals surface area contributed by atoms with Gasteiger partial charge in [0.15, 0.2) is 0 Å².